The van der Waals surface area contributed by atoms with Crippen LogP contribution in [0, 0.1) is 18.3 Å². The van der Waals surface area contributed by atoms with E-state index in [1.54, 1.807) is 0 Å². The van der Waals surface area contributed by atoms with Gasteiger partial charge in [-0.3, -0.25) is 19.9 Å². The fourth-order valence-electron chi connectivity index (χ4n) is 3.85. The van der Waals surface area contributed by atoms with Crippen LogP contribution in [0.3, 0.4) is 0 Å². The molecule has 0 aromatic heterocycles. The number of hydrogen-bond acceptors (Lipinski definition) is 6. The molecule has 8 heteroatoms. The van der Waals surface area contributed by atoms with E-state index < -0.39 is 11.2 Å². The number of hydrazine groups is 1. The summed E-state index contributed by atoms with van der Waals surface area (Å²) < 4.78 is 0. The summed E-state index contributed by atoms with van der Waals surface area (Å²) in [5.74, 6) is -0.601. The smallest absolute Gasteiger partial charge is 0.278 e. The molecule has 2 fully saturated rings. The zero-order valence-electron chi connectivity index (χ0n) is 18.8. The molecule has 2 aliphatic heterocycles. The molecule has 170 valence electrons. The Hall–Kier alpha value is -3.12. The second-order valence-electron chi connectivity index (χ2n) is 8.33. The van der Waals surface area contributed by atoms with E-state index in [-0.39, 0.29) is 11.5 Å². The zero-order valence-corrected chi connectivity index (χ0v) is 19.6. The van der Waals surface area contributed by atoms with Gasteiger partial charge in [-0.15, -0.1) is 0 Å². The lowest BCUT2D eigenvalue weighted by atomic mass is 10.1. The van der Waals surface area contributed by atoms with Gasteiger partial charge < -0.3 is 4.90 Å². The second-order valence-corrected chi connectivity index (χ2v) is 9.52. The predicted molar refractivity (Wildman–Crippen MR) is 130 cm³/mol. The molecule has 2 aliphatic rings. The Balaban J connectivity index is 1.63. The number of benzene rings is 2. The molecule has 0 aliphatic carbocycles. The van der Waals surface area contributed by atoms with Gasteiger partial charge in [0.05, 0.1) is 5.25 Å². The van der Waals surface area contributed by atoms with Crippen molar-refractivity contribution < 1.29 is 9.59 Å². The Morgan fingerprint density at radius 2 is 1.76 bits per heavy atom. The Bertz CT molecular complexity index is 1090. The molecule has 1 atom stereocenters. The van der Waals surface area contributed by atoms with Gasteiger partial charge in [0.2, 0.25) is 5.91 Å². The number of nitrogens with one attached hydrogen (secondary N) is 1. The van der Waals surface area contributed by atoms with Crippen molar-refractivity contribution in [3.63, 3.8) is 0 Å². The maximum atomic E-state index is 13.5. The van der Waals surface area contributed by atoms with Gasteiger partial charge in [-0.25, -0.2) is 5.01 Å². The molecule has 7 nitrogen and oxygen atoms in total. The van der Waals surface area contributed by atoms with Crippen LogP contribution in [0.2, 0.25) is 0 Å². The highest BCUT2D eigenvalue weighted by Crippen LogP contribution is 2.41. The molecule has 2 saturated heterocycles. The molecule has 0 radical (unpaired) electrons. The van der Waals surface area contributed by atoms with Crippen LogP contribution < -0.4 is 10.3 Å². The number of aryl methyl sites for hydroxylation is 1. The molecule has 33 heavy (non-hydrogen) atoms. The average molecular weight is 462 g/mol. The lowest BCUT2D eigenvalue weighted by Crippen LogP contribution is -2.53. The van der Waals surface area contributed by atoms with E-state index in [9.17, 15) is 14.9 Å². The van der Waals surface area contributed by atoms with Crippen molar-refractivity contribution in [1.29, 1.82) is 5.26 Å². The van der Waals surface area contributed by atoms with Crippen molar-refractivity contribution in [3.8, 4) is 6.07 Å². The zero-order chi connectivity index (χ0) is 23.4. The van der Waals surface area contributed by atoms with E-state index >= 15 is 0 Å². The van der Waals surface area contributed by atoms with Gasteiger partial charge in [-0.05, 0) is 38.1 Å². The molecular weight excluding hydrogens is 434 g/mol. The predicted octanol–water partition coefficient (Wildman–Crippen LogP) is 2.70. The number of nitriles is 1. The van der Waals surface area contributed by atoms with Gasteiger partial charge in [0.15, 0.2) is 0 Å². The highest BCUT2D eigenvalue weighted by Gasteiger charge is 2.41. The molecule has 1 unspecified atom stereocenters. The van der Waals surface area contributed by atoms with E-state index in [1.807, 2.05) is 73.6 Å². The summed E-state index contributed by atoms with van der Waals surface area (Å²) in [6.45, 7) is 5.05. The number of likely N-dealkylation sites (N-methyl/N-ethyl adjacent to an activating group) is 1. The van der Waals surface area contributed by atoms with Crippen molar-refractivity contribution in [2.75, 3.05) is 38.1 Å². The first-order valence-electron chi connectivity index (χ1n) is 11.0. The topological polar surface area (TPSA) is 79.7 Å². The molecule has 4 rings (SSSR count). The molecule has 0 spiro atoms. The molecule has 1 N–H and O–H groups in total. The maximum Gasteiger partial charge on any atom is 0.278 e. The minimum atomic E-state index is -0.478. The van der Waals surface area contributed by atoms with E-state index in [0.29, 0.717) is 30.2 Å². The van der Waals surface area contributed by atoms with Crippen LogP contribution in [-0.2, 0) is 16.0 Å². The van der Waals surface area contributed by atoms with Gasteiger partial charge in [0, 0.05) is 31.9 Å². The lowest BCUT2D eigenvalue weighted by molar-refractivity contribution is -0.122. The number of carbonyl (C=O) groups is 2. The SMILES string of the molecule is Cc1ccc(CC2S/C(=C(/C#N)C(=O)NN3CCN(C)CC3)N(c3ccccc3)C2=O)cc1. The number of amides is 2. The Morgan fingerprint density at radius 3 is 2.39 bits per heavy atom. The summed E-state index contributed by atoms with van der Waals surface area (Å²) in [7, 11) is 2.04. The van der Waals surface area contributed by atoms with Crippen molar-refractivity contribution in [3.05, 3.63) is 76.3 Å². The first-order chi connectivity index (χ1) is 16.0. The molecule has 0 bridgehead atoms. The van der Waals surface area contributed by atoms with Crippen LogP contribution in [0.5, 0.6) is 0 Å². The van der Waals surface area contributed by atoms with E-state index in [0.717, 1.165) is 24.2 Å². The summed E-state index contributed by atoms with van der Waals surface area (Å²) in [5.41, 5.74) is 5.67. The summed E-state index contributed by atoms with van der Waals surface area (Å²) in [4.78, 5) is 30.3. The minimum Gasteiger partial charge on any atom is -0.304 e. The standard InChI is InChI=1S/C25H27N5O2S/c1-18-8-10-19(11-9-18)16-22-24(32)30(20-6-4-3-5-7-20)25(33-22)21(17-26)23(31)27-29-14-12-28(2)13-15-29/h3-11,22H,12-16H2,1-2H3,(H,27,31)/b25-21-. The van der Waals surface area contributed by atoms with Crippen LogP contribution in [0.15, 0.2) is 65.2 Å². The van der Waals surface area contributed by atoms with Crippen molar-refractivity contribution in [2.45, 2.75) is 18.6 Å². The third-order valence-electron chi connectivity index (χ3n) is 5.82. The first kappa shape index (κ1) is 23.1. The number of nitrogens with zero attached hydrogens (tertiary/aromatic N) is 4. The Labute approximate surface area is 198 Å². The number of hydrogen-bond donors (Lipinski definition) is 1. The largest absolute Gasteiger partial charge is 0.304 e. The number of para-hydroxylation sites is 1. The Morgan fingerprint density at radius 1 is 1.09 bits per heavy atom. The van der Waals surface area contributed by atoms with Gasteiger partial charge in [0.25, 0.3) is 5.91 Å². The van der Waals surface area contributed by atoms with Crippen LogP contribution in [0.25, 0.3) is 0 Å². The van der Waals surface area contributed by atoms with Crippen molar-refractivity contribution >= 4 is 29.3 Å². The highest BCUT2D eigenvalue weighted by atomic mass is 32.2. The van der Waals surface area contributed by atoms with E-state index in [4.69, 9.17) is 0 Å². The third-order valence-corrected chi connectivity index (χ3v) is 7.09. The molecular formula is C25H27N5O2S. The summed E-state index contributed by atoms with van der Waals surface area (Å²) in [5, 5.41) is 11.7. The van der Waals surface area contributed by atoms with Crippen molar-refractivity contribution in [1.82, 2.24) is 15.3 Å². The fourth-order valence-corrected chi connectivity index (χ4v) is 5.16. The number of thioether (sulfide) groups is 1. The van der Waals surface area contributed by atoms with Crippen LogP contribution in [0.1, 0.15) is 11.1 Å². The lowest BCUT2D eigenvalue weighted by Gasteiger charge is -2.32. The van der Waals surface area contributed by atoms with Crippen molar-refractivity contribution in [2.24, 2.45) is 0 Å². The van der Waals surface area contributed by atoms with Crippen LogP contribution in [0.4, 0.5) is 5.69 Å². The van der Waals surface area contributed by atoms with Gasteiger partial charge >= 0.3 is 0 Å². The molecule has 2 aromatic rings. The molecule has 2 amide bonds. The minimum absolute atomic E-state index is 0.0393. The van der Waals surface area contributed by atoms with E-state index in [1.165, 1.54) is 16.7 Å². The normalized spacial score (nSPS) is 21.1. The van der Waals surface area contributed by atoms with Gasteiger partial charge in [-0.2, -0.15) is 5.26 Å². The first-order valence-corrected chi connectivity index (χ1v) is 11.8. The Kier molecular flexibility index (Phi) is 7.14. The van der Waals surface area contributed by atoms with Crippen LogP contribution in [-0.4, -0.2) is 60.2 Å². The monoisotopic (exact) mass is 461 g/mol. The summed E-state index contributed by atoms with van der Waals surface area (Å²) in [6.07, 6.45) is 0.523. The maximum absolute atomic E-state index is 13.5. The fraction of sp³-hybridized carbons (Fsp3) is 0.320. The van der Waals surface area contributed by atoms with Crippen LogP contribution >= 0.6 is 11.8 Å². The molecule has 2 aromatic carbocycles. The summed E-state index contributed by atoms with van der Waals surface area (Å²) >= 11 is 1.29. The number of anilines is 1. The number of carbonyl (C=O) groups excluding carboxylic acids is 2. The third kappa shape index (κ3) is 5.28. The molecule has 0 saturated carbocycles. The van der Waals surface area contributed by atoms with E-state index in [2.05, 4.69) is 16.4 Å². The quantitative estimate of drug-likeness (QED) is 0.545. The molecule has 2 heterocycles. The highest BCUT2D eigenvalue weighted by molar-refractivity contribution is 8.05. The number of rotatable bonds is 5. The number of piperazine rings is 1. The van der Waals surface area contributed by atoms with Gasteiger partial charge in [0.1, 0.15) is 16.7 Å². The average Bonchev–Trinajstić information content (AvgIpc) is 3.13. The van der Waals surface area contributed by atoms with Gasteiger partial charge in [-0.1, -0.05) is 59.8 Å². The second kappa shape index (κ2) is 10.2. The summed E-state index contributed by atoms with van der Waals surface area (Å²) in [6, 6.07) is 19.3.